The van der Waals surface area contributed by atoms with E-state index in [2.05, 4.69) is 4.98 Å². The molecule has 0 radical (unpaired) electrons. The van der Waals surface area contributed by atoms with Crippen LogP contribution in [0.4, 0.5) is 0 Å². The summed E-state index contributed by atoms with van der Waals surface area (Å²) in [7, 11) is -3.88. The molecule has 0 aliphatic heterocycles. The highest BCUT2D eigenvalue weighted by Crippen LogP contribution is 2.31. The third kappa shape index (κ3) is 4.57. The first-order chi connectivity index (χ1) is 12.3. The first-order valence-corrected chi connectivity index (χ1v) is 9.95. The Morgan fingerprint density at radius 2 is 2.15 bits per heavy atom. The van der Waals surface area contributed by atoms with Gasteiger partial charge in [-0.15, -0.1) is 0 Å². The molecule has 1 amide bonds. The zero-order valence-electron chi connectivity index (χ0n) is 14.7. The molecule has 1 aromatic rings. The molecule has 0 aromatic carbocycles. The largest absolute Gasteiger partial charge is 0.389 e. The zero-order valence-corrected chi connectivity index (χ0v) is 15.6. The van der Waals surface area contributed by atoms with E-state index >= 15 is 0 Å². The van der Waals surface area contributed by atoms with Gasteiger partial charge in [0.1, 0.15) is 0 Å². The highest BCUT2D eigenvalue weighted by atomic mass is 32.2. The molecule has 0 spiro atoms. The molecule has 1 aromatic heterocycles. The highest BCUT2D eigenvalue weighted by molar-refractivity contribution is 7.96. The number of sulfone groups is 1. The minimum Gasteiger partial charge on any atom is -0.389 e. The van der Waals surface area contributed by atoms with E-state index in [1.165, 1.54) is 18.2 Å². The lowest BCUT2D eigenvalue weighted by molar-refractivity contribution is -0.134. The summed E-state index contributed by atoms with van der Waals surface area (Å²) in [4.78, 5) is 16.3. The van der Waals surface area contributed by atoms with Crippen LogP contribution in [-0.2, 0) is 21.1 Å². The van der Waals surface area contributed by atoms with Gasteiger partial charge >= 0.3 is 0 Å². The molecule has 1 heterocycles. The van der Waals surface area contributed by atoms with E-state index in [9.17, 15) is 18.3 Å². The third-order valence-electron chi connectivity index (χ3n) is 4.46. The number of aliphatic hydroxyl groups excluding tert-OH is 1. The molecular weight excluding hydrogens is 356 g/mol. The van der Waals surface area contributed by atoms with E-state index in [-0.39, 0.29) is 23.7 Å². The molecule has 2 unspecified atom stereocenters. The average Bonchev–Trinajstić information content (AvgIpc) is 2.62. The van der Waals surface area contributed by atoms with Gasteiger partial charge in [0, 0.05) is 12.4 Å². The summed E-state index contributed by atoms with van der Waals surface area (Å²) < 4.78 is 26.6. The van der Waals surface area contributed by atoms with Crippen LogP contribution in [0.25, 0.3) is 0 Å². The summed E-state index contributed by atoms with van der Waals surface area (Å²) in [5, 5.41) is 17.6. The monoisotopic (exact) mass is 380 g/mol. The lowest BCUT2D eigenvalue weighted by Gasteiger charge is -2.29. The summed E-state index contributed by atoms with van der Waals surface area (Å²) in [5.74, 6) is -2.01. The van der Waals surface area contributed by atoms with Crippen LogP contribution in [-0.4, -0.2) is 41.0 Å². The van der Waals surface area contributed by atoms with Crippen molar-refractivity contribution >= 4 is 15.7 Å². The Bertz CT molecular complexity index is 787. The number of hydrogen-bond acceptors (Lipinski definition) is 6. The molecule has 2 rings (SSSR count). The second kappa shape index (κ2) is 8.57. The number of rotatable bonds is 7. The Kier molecular flexibility index (Phi) is 6.69. The number of hydrogen-bond donors (Lipinski definition) is 3. The van der Waals surface area contributed by atoms with Crippen molar-refractivity contribution < 1.29 is 23.5 Å². The maximum Gasteiger partial charge on any atom is 0.248 e. The topological polar surface area (TPSA) is 117 Å². The van der Waals surface area contributed by atoms with Crippen LogP contribution in [0.5, 0.6) is 0 Å². The molecular formula is C18H24N2O5S. The first kappa shape index (κ1) is 20.3. The molecule has 26 heavy (non-hydrogen) atoms. The second-order valence-electron chi connectivity index (χ2n) is 6.66. The fourth-order valence-electron chi connectivity index (χ4n) is 3.13. The van der Waals surface area contributed by atoms with Crippen molar-refractivity contribution in [3.05, 3.63) is 53.2 Å². The summed E-state index contributed by atoms with van der Waals surface area (Å²) >= 11 is 0. The number of amides is 1. The number of aromatic nitrogens is 1. The molecule has 3 N–H and O–H groups in total. The minimum absolute atomic E-state index is 0.0769. The number of allylic oxidation sites excluding steroid dienone is 1. The van der Waals surface area contributed by atoms with Crippen molar-refractivity contribution in [1.82, 2.24) is 10.5 Å². The predicted octanol–water partition coefficient (Wildman–Crippen LogP) is 1.39. The van der Waals surface area contributed by atoms with E-state index in [0.29, 0.717) is 5.56 Å². The molecule has 7 nitrogen and oxygen atoms in total. The standard InChI is InChI=1S/C18H24N2O5S/c1-12(2)17(18(22)20-23)16(10-13-4-3-9-19-11-13)26(24,25)15-7-5-14(21)6-8-15/h3-5,7-9,11-12,14,16-17,21,23H,6,10H2,1-2H3,(H,20,22)/t14?,16?,17-/m0/s1. The fraction of sp³-hybridized carbons (Fsp3) is 0.444. The number of nitrogens with zero attached hydrogens (tertiary/aromatic N) is 1. The summed E-state index contributed by atoms with van der Waals surface area (Å²) in [5.41, 5.74) is 2.28. The SMILES string of the molecule is CC(C)[C@H](C(=O)NO)C(Cc1cccnc1)S(=O)(=O)C1=CCC(O)C=C1. The zero-order chi connectivity index (χ0) is 19.3. The van der Waals surface area contributed by atoms with Crippen LogP contribution in [0.2, 0.25) is 0 Å². The number of hydroxylamine groups is 1. The molecule has 0 fully saturated rings. The maximum atomic E-state index is 13.3. The summed E-state index contributed by atoms with van der Waals surface area (Å²) in [6.07, 6.45) is 6.96. The van der Waals surface area contributed by atoms with Crippen molar-refractivity contribution in [2.45, 2.75) is 38.0 Å². The Balaban J connectivity index is 2.48. The Hall–Kier alpha value is -2.03. The predicted molar refractivity (Wildman–Crippen MR) is 96.8 cm³/mol. The van der Waals surface area contributed by atoms with Gasteiger partial charge in [-0.1, -0.05) is 32.1 Å². The van der Waals surface area contributed by atoms with E-state index in [1.807, 2.05) is 0 Å². The molecule has 1 aliphatic carbocycles. The van der Waals surface area contributed by atoms with Gasteiger partial charge < -0.3 is 5.11 Å². The molecule has 3 atom stereocenters. The van der Waals surface area contributed by atoms with Crippen molar-refractivity contribution in [1.29, 1.82) is 0 Å². The van der Waals surface area contributed by atoms with Crippen molar-refractivity contribution in [3.8, 4) is 0 Å². The lowest BCUT2D eigenvalue weighted by Crippen LogP contribution is -2.44. The first-order valence-electron chi connectivity index (χ1n) is 8.40. The van der Waals surface area contributed by atoms with Crippen LogP contribution in [0.15, 0.2) is 47.7 Å². The minimum atomic E-state index is -3.88. The van der Waals surface area contributed by atoms with E-state index in [1.54, 1.807) is 43.9 Å². The van der Waals surface area contributed by atoms with Crippen LogP contribution < -0.4 is 5.48 Å². The van der Waals surface area contributed by atoms with E-state index in [0.717, 1.165) is 0 Å². The summed E-state index contributed by atoms with van der Waals surface area (Å²) in [6, 6.07) is 3.45. The number of nitrogens with one attached hydrogen (secondary N) is 1. The smallest absolute Gasteiger partial charge is 0.248 e. The van der Waals surface area contributed by atoms with Gasteiger partial charge in [0.15, 0.2) is 9.84 Å². The Morgan fingerprint density at radius 1 is 1.42 bits per heavy atom. The number of pyridine rings is 1. The fourth-order valence-corrected chi connectivity index (χ4v) is 5.31. The molecule has 8 heteroatoms. The van der Waals surface area contributed by atoms with Crippen molar-refractivity contribution in [2.24, 2.45) is 11.8 Å². The average molecular weight is 380 g/mol. The molecule has 142 valence electrons. The quantitative estimate of drug-likeness (QED) is 0.486. The van der Waals surface area contributed by atoms with Crippen LogP contribution in [0.3, 0.4) is 0 Å². The maximum absolute atomic E-state index is 13.3. The molecule has 0 saturated heterocycles. The van der Waals surface area contributed by atoms with Gasteiger partial charge in [0.2, 0.25) is 5.91 Å². The van der Waals surface area contributed by atoms with E-state index in [4.69, 9.17) is 5.21 Å². The lowest BCUT2D eigenvalue weighted by atomic mass is 9.88. The van der Waals surface area contributed by atoms with Crippen LogP contribution in [0, 0.1) is 11.8 Å². The molecule has 0 saturated carbocycles. The van der Waals surface area contributed by atoms with Gasteiger partial charge in [0.25, 0.3) is 0 Å². The Labute approximate surface area is 153 Å². The molecule has 0 bridgehead atoms. The highest BCUT2D eigenvalue weighted by Gasteiger charge is 2.41. The van der Waals surface area contributed by atoms with Crippen LogP contribution >= 0.6 is 0 Å². The third-order valence-corrected chi connectivity index (χ3v) is 6.68. The molecule has 1 aliphatic rings. The Morgan fingerprint density at radius 3 is 2.65 bits per heavy atom. The van der Waals surface area contributed by atoms with Gasteiger partial charge in [-0.3, -0.25) is 15.0 Å². The normalized spacial score (nSPS) is 19.7. The second-order valence-corrected chi connectivity index (χ2v) is 8.83. The number of carbonyl (C=O) groups excluding carboxylic acids is 1. The number of carbonyl (C=O) groups is 1. The van der Waals surface area contributed by atoms with E-state index < -0.39 is 33.0 Å². The van der Waals surface area contributed by atoms with Crippen molar-refractivity contribution in [3.63, 3.8) is 0 Å². The van der Waals surface area contributed by atoms with Gasteiger partial charge in [-0.05, 0) is 36.5 Å². The van der Waals surface area contributed by atoms with Gasteiger partial charge in [-0.25, -0.2) is 13.9 Å². The van der Waals surface area contributed by atoms with Gasteiger partial charge in [0.05, 0.1) is 22.2 Å². The van der Waals surface area contributed by atoms with Gasteiger partial charge in [-0.2, -0.15) is 0 Å². The number of aliphatic hydroxyl groups is 1. The van der Waals surface area contributed by atoms with Crippen molar-refractivity contribution in [2.75, 3.05) is 0 Å². The van der Waals surface area contributed by atoms with Crippen LogP contribution in [0.1, 0.15) is 25.8 Å². The summed E-state index contributed by atoms with van der Waals surface area (Å²) in [6.45, 7) is 3.47.